The maximum absolute atomic E-state index is 12.8. The second-order valence-corrected chi connectivity index (χ2v) is 10.3. The molecule has 1 aromatic carbocycles. The SMILES string of the molecule is COC(=O)CNC(=O)c1ccc(C(=O)NS(=O)(=O)c2cccc(CCNC(=O)C3CCCCC3)c2)cn1. The first kappa shape index (κ1) is 27.8. The number of esters is 1. The van der Waals surface area contributed by atoms with E-state index in [4.69, 9.17) is 0 Å². The van der Waals surface area contributed by atoms with Gasteiger partial charge in [-0.3, -0.25) is 24.2 Å². The molecule has 11 nitrogen and oxygen atoms in total. The third kappa shape index (κ3) is 8.10. The molecule has 37 heavy (non-hydrogen) atoms. The molecule has 1 aromatic heterocycles. The number of hydrogen-bond acceptors (Lipinski definition) is 8. The fourth-order valence-electron chi connectivity index (χ4n) is 3.92. The van der Waals surface area contributed by atoms with Crippen molar-refractivity contribution in [1.29, 1.82) is 0 Å². The smallest absolute Gasteiger partial charge is 0.325 e. The molecular weight excluding hydrogens is 500 g/mol. The van der Waals surface area contributed by atoms with Crippen LogP contribution in [0.1, 0.15) is 58.5 Å². The average molecular weight is 531 g/mol. The largest absolute Gasteiger partial charge is 0.468 e. The van der Waals surface area contributed by atoms with E-state index < -0.39 is 27.8 Å². The monoisotopic (exact) mass is 530 g/mol. The molecule has 1 saturated carbocycles. The number of methoxy groups -OCH3 is 1. The molecule has 0 atom stereocenters. The molecule has 0 unspecified atom stereocenters. The van der Waals surface area contributed by atoms with Crippen LogP contribution in [-0.2, 0) is 30.8 Å². The Labute approximate surface area is 215 Å². The molecule has 3 amide bonds. The van der Waals surface area contributed by atoms with Crippen molar-refractivity contribution in [2.45, 2.75) is 43.4 Å². The summed E-state index contributed by atoms with van der Waals surface area (Å²) < 4.78 is 32.0. The lowest BCUT2D eigenvalue weighted by Crippen LogP contribution is -2.33. The molecule has 1 fully saturated rings. The van der Waals surface area contributed by atoms with Gasteiger partial charge in [0, 0.05) is 18.7 Å². The van der Waals surface area contributed by atoms with Crippen molar-refractivity contribution in [3.63, 3.8) is 0 Å². The van der Waals surface area contributed by atoms with Crippen LogP contribution in [0, 0.1) is 5.92 Å². The Bertz CT molecular complexity index is 1240. The van der Waals surface area contributed by atoms with Crippen molar-refractivity contribution in [2.24, 2.45) is 5.92 Å². The number of benzene rings is 1. The molecule has 0 aliphatic heterocycles. The van der Waals surface area contributed by atoms with Gasteiger partial charge in [-0.2, -0.15) is 0 Å². The van der Waals surface area contributed by atoms with Gasteiger partial charge in [-0.05, 0) is 49.1 Å². The lowest BCUT2D eigenvalue weighted by molar-refractivity contribution is -0.139. The maximum atomic E-state index is 12.8. The molecule has 1 aliphatic carbocycles. The van der Waals surface area contributed by atoms with Crippen LogP contribution in [0.15, 0.2) is 47.5 Å². The normalized spacial score (nSPS) is 13.9. The van der Waals surface area contributed by atoms with Gasteiger partial charge in [0.2, 0.25) is 5.91 Å². The quantitative estimate of drug-likeness (QED) is 0.388. The van der Waals surface area contributed by atoms with Crippen LogP contribution in [0.4, 0.5) is 0 Å². The topological polar surface area (TPSA) is 161 Å². The molecule has 0 radical (unpaired) electrons. The average Bonchev–Trinajstić information content (AvgIpc) is 2.92. The molecule has 3 N–H and O–H groups in total. The number of sulfonamides is 1. The van der Waals surface area contributed by atoms with Gasteiger partial charge in [-0.15, -0.1) is 0 Å². The molecule has 0 spiro atoms. The number of carbonyl (C=O) groups is 4. The summed E-state index contributed by atoms with van der Waals surface area (Å²) in [5.41, 5.74) is 0.560. The van der Waals surface area contributed by atoms with E-state index >= 15 is 0 Å². The van der Waals surface area contributed by atoms with Gasteiger partial charge < -0.3 is 15.4 Å². The van der Waals surface area contributed by atoms with Crippen molar-refractivity contribution >= 4 is 33.7 Å². The lowest BCUT2D eigenvalue weighted by Gasteiger charge is -2.20. The van der Waals surface area contributed by atoms with E-state index in [0.717, 1.165) is 31.9 Å². The minimum absolute atomic E-state index is 0.0383. The van der Waals surface area contributed by atoms with Gasteiger partial charge in [-0.25, -0.2) is 13.1 Å². The molecule has 198 valence electrons. The van der Waals surface area contributed by atoms with E-state index in [2.05, 4.69) is 20.4 Å². The molecule has 1 aliphatic rings. The number of hydrogen-bond donors (Lipinski definition) is 3. The first-order valence-corrected chi connectivity index (χ1v) is 13.4. The van der Waals surface area contributed by atoms with Crippen LogP contribution >= 0.6 is 0 Å². The molecule has 0 bridgehead atoms. The summed E-state index contributed by atoms with van der Waals surface area (Å²) >= 11 is 0. The minimum Gasteiger partial charge on any atom is -0.468 e. The zero-order valence-electron chi connectivity index (χ0n) is 20.5. The van der Waals surface area contributed by atoms with Crippen LogP contribution in [0.3, 0.4) is 0 Å². The predicted molar refractivity (Wildman–Crippen MR) is 133 cm³/mol. The van der Waals surface area contributed by atoms with Crippen LogP contribution in [0.2, 0.25) is 0 Å². The first-order valence-electron chi connectivity index (χ1n) is 11.9. The second kappa shape index (κ2) is 12.9. The zero-order valence-corrected chi connectivity index (χ0v) is 21.3. The molecule has 3 rings (SSSR count). The Morgan fingerprint density at radius 1 is 1.00 bits per heavy atom. The fraction of sp³-hybridized carbons (Fsp3) is 0.400. The van der Waals surface area contributed by atoms with Crippen molar-refractivity contribution in [3.05, 3.63) is 59.4 Å². The third-order valence-corrected chi connectivity index (χ3v) is 7.33. The zero-order chi connectivity index (χ0) is 26.8. The summed E-state index contributed by atoms with van der Waals surface area (Å²) in [6.07, 6.45) is 6.61. The minimum atomic E-state index is -4.18. The maximum Gasteiger partial charge on any atom is 0.325 e. The van der Waals surface area contributed by atoms with Gasteiger partial charge in [0.15, 0.2) is 0 Å². The van der Waals surface area contributed by atoms with E-state index in [-0.39, 0.29) is 34.5 Å². The Hall–Kier alpha value is -3.80. The van der Waals surface area contributed by atoms with Gasteiger partial charge >= 0.3 is 5.97 Å². The highest BCUT2D eigenvalue weighted by atomic mass is 32.2. The molecular formula is C25H30N4O7S. The number of rotatable bonds is 10. The van der Waals surface area contributed by atoms with Crippen LogP contribution in [0.25, 0.3) is 0 Å². The number of nitrogens with one attached hydrogen (secondary N) is 3. The Morgan fingerprint density at radius 3 is 2.43 bits per heavy atom. The molecule has 2 aromatic rings. The van der Waals surface area contributed by atoms with Crippen LogP contribution in [-0.4, -0.2) is 57.3 Å². The van der Waals surface area contributed by atoms with Crippen molar-refractivity contribution in [1.82, 2.24) is 20.3 Å². The van der Waals surface area contributed by atoms with E-state index in [1.54, 1.807) is 12.1 Å². The van der Waals surface area contributed by atoms with Crippen LogP contribution in [0.5, 0.6) is 0 Å². The van der Waals surface area contributed by atoms with Crippen molar-refractivity contribution in [3.8, 4) is 0 Å². The molecule has 1 heterocycles. The highest BCUT2D eigenvalue weighted by Crippen LogP contribution is 2.23. The van der Waals surface area contributed by atoms with E-state index in [0.29, 0.717) is 18.5 Å². The Balaban J connectivity index is 1.56. The van der Waals surface area contributed by atoms with E-state index in [9.17, 15) is 27.6 Å². The Kier molecular flexibility index (Phi) is 9.72. The van der Waals surface area contributed by atoms with Gasteiger partial charge in [0.05, 0.1) is 17.6 Å². The summed E-state index contributed by atoms with van der Waals surface area (Å²) in [4.78, 5) is 51.7. The number of amides is 3. The second-order valence-electron chi connectivity index (χ2n) is 8.65. The van der Waals surface area contributed by atoms with Gasteiger partial charge in [-0.1, -0.05) is 31.4 Å². The third-order valence-electron chi connectivity index (χ3n) is 6.00. The fourth-order valence-corrected chi connectivity index (χ4v) is 4.97. The standard InChI is InChI=1S/C25H30N4O7S/c1-36-22(30)16-28-25(33)21-11-10-19(15-27-21)24(32)29-37(34,35)20-9-5-6-17(14-20)12-13-26-23(31)18-7-3-2-4-8-18/h5-6,9-11,14-15,18H,2-4,7-8,12-13,16H2,1H3,(H,26,31)(H,28,33)(H,29,32). The van der Waals surface area contributed by atoms with Crippen molar-refractivity contribution < 1.29 is 32.3 Å². The number of ether oxygens (including phenoxy) is 1. The summed E-state index contributed by atoms with van der Waals surface area (Å²) in [7, 11) is -3.00. The number of pyridine rings is 1. The van der Waals surface area contributed by atoms with Gasteiger partial charge in [0.25, 0.3) is 21.8 Å². The summed E-state index contributed by atoms with van der Waals surface area (Å²) in [5.74, 6) is -2.12. The summed E-state index contributed by atoms with van der Waals surface area (Å²) in [6, 6.07) is 8.62. The molecule has 0 saturated heterocycles. The molecule has 12 heteroatoms. The van der Waals surface area contributed by atoms with E-state index in [1.165, 1.54) is 37.8 Å². The summed E-state index contributed by atoms with van der Waals surface area (Å²) in [6.45, 7) is 0.0415. The number of carbonyl (C=O) groups excluding carboxylic acids is 4. The van der Waals surface area contributed by atoms with E-state index in [1.807, 2.05) is 4.72 Å². The highest BCUT2D eigenvalue weighted by Gasteiger charge is 2.22. The van der Waals surface area contributed by atoms with Crippen LogP contribution < -0.4 is 15.4 Å². The number of aromatic nitrogens is 1. The van der Waals surface area contributed by atoms with Crippen molar-refractivity contribution in [2.75, 3.05) is 20.2 Å². The Morgan fingerprint density at radius 2 is 1.76 bits per heavy atom. The first-order chi connectivity index (χ1) is 17.7. The lowest BCUT2D eigenvalue weighted by atomic mass is 9.88. The highest BCUT2D eigenvalue weighted by molar-refractivity contribution is 7.90. The predicted octanol–water partition coefficient (Wildman–Crippen LogP) is 1.34. The van der Waals surface area contributed by atoms with Gasteiger partial charge in [0.1, 0.15) is 12.2 Å². The summed E-state index contributed by atoms with van der Waals surface area (Å²) in [5, 5.41) is 5.23. The number of nitrogens with zero attached hydrogens (tertiary/aromatic N) is 1.